The van der Waals surface area contributed by atoms with Crippen LogP contribution in [-0.2, 0) is 4.74 Å². The third kappa shape index (κ3) is 1.82. The van der Waals surface area contributed by atoms with Crippen molar-refractivity contribution >= 4 is 11.6 Å². The van der Waals surface area contributed by atoms with Crippen molar-refractivity contribution in [3.8, 4) is 11.3 Å². The molecule has 0 spiro atoms. The maximum atomic E-state index is 11.8. The molecule has 0 saturated carbocycles. The van der Waals surface area contributed by atoms with Gasteiger partial charge in [0.1, 0.15) is 5.56 Å². The molecule has 0 N–H and O–H groups in total. The number of hydrogen-bond donors (Lipinski definition) is 0. The van der Waals surface area contributed by atoms with E-state index >= 15 is 0 Å². The molecule has 3 rings (SSSR count). The first-order valence-electron chi connectivity index (χ1n) is 6.05. The average molecular weight is 268 g/mol. The molecule has 0 amide bonds. The van der Waals surface area contributed by atoms with Crippen LogP contribution < -0.4 is 0 Å². The molecule has 0 saturated heterocycles. The molecule has 0 aliphatic heterocycles. The zero-order valence-corrected chi connectivity index (χ0v) is 11.1. The van der Waals surface area contributed by atoms with Gasteiger partial charge >= 0.3 is 5.97 Å². The highest BCUT2D eigenvalue weighted by molar-refractivity contribution is 5.97. The van der Waals surface area contributed by atoms with Crippen molar-refractivity contribution in [1.29, 1.82) is 0 Å². The van der Waals surface area contributed by atoms with Crippen LogP contribution in [-0.4, -0.2) is 32.7 Å². The van der Waals surface area contributed by atoms with Crippen LogP contribution in [0.15, 0.2) is 36.8 Å². The molecule has 0 fully saturated rings. The standard InChI is InChI=1S/C14H12N4O2/c1-9-12(14(19)20-2)13-16-8-5-11(18(13)17-9)10-3-6-15-7-4-10/h3-8H,1-2H3. The topological polar surface area (TPSA) is 69.4 Å². The Bertz CT molecular complexity index is 780. The van der Waals surface area contributed by atoms with Gasteiger partial charge in [0.2, 0.25) is 0 Å². The lowest BCUT2D eigenvalue weighted by atomic mass is 10.2. The summed E-state index contributed by atoms with van der Waals surface area (Å²) in [5.74, 6) is -0.433. The van der Waals surface area contributed by atoms with E-state index in [0.717, 1.165) is 11.3 Å². The van der Waals surface area contributed by atoms with Crippen molar-refractivity contribution in [3.05, 3.63) is 48.0 Å². The maximum absolute atomic E-state index is 11.8. The number of carbonyl (C=O) groups is 1. The Balaban J connectivity index is 2.30. The first kappa shape index (κ1) is 12.3. The van der Waals surface area contributed by atoms with Crippen LogP contribution in [0.25, 0.3) is 16.9 Å². The van der Waals surface area contributed by atoms with Crippen molar-refractivity contribution < 1.29 is 9.53 Å². The van der Waals surface area contributed by atoms with E-state index in [0.29, 0.717) is 16.9 Å². The third-order valence-electron chi connectivity index (χ3n) is 3.06. The lowest BCUT2D eigenvalue weighted by Gasteiger charge is -2.04. The van der Waals surface area contributed by atoms with Gasteiger partial charge in [0.05, 0.1) is 18.5 Å². The predicted octanol–water partition coefficient (Wildman–Crippen LogP) is 1.89. The lowest BCUT2D eigenvalue weighted by molar-refractivity contribution is 0.0602. The minimum atomic E-state index is -0.433. The second-order valence-corrected chi connectivity index (χ2v) is 4.25. The summed E-state index contributed by atoms with van der Waals surface area (Å²) >= 11 is 0. The first-order valence-corrected chi connectivity index (χ1v) is 6.05. The van der Waals surface area contributed by atoms with Gasteiger partial charge in [0.15, 0.2) is 5.65 Å². The van der Waals surface area contributed by atoms with Crippen LogP contribution in [0.4, 0.5) is 0 Å². The van der Waals surface area contributed by atoms with Gasteiger partial charge in [-0.25, -0.2) is 14.3 Å². The number of ether oxygens (including phenoxy) is 1. The third-order valence-corrected chi connectivity index (χ3v) is 3.06. The number of nitrogens with zero attached hydrogens (tertiary/aromatic N) is 4. The molecule has 6 heteroatoms. The zero-order chi connectivity index (χ0) is 14.1. The van der Waals surface area contributed by atoms with E-state index < -0.39 is 5.97 Å². The lowest BCUT2D eigenvalue weighted by Crippen LogP contribution is -2.03. The monoisotopic (exact) mass is 268 g/mol. The summed E-state index contributed by atoms with van der Waals surface area (Å²) in [6.07, 6.45) is 5.07. The van der Waals surface area contributed by atoms with Crippen molar-refractivity contribution in [2.75, 3.05) is 7.11 Å². The van der Waals surface area contributed by atoms with Gasteiger partial charge < -0.3 is 4.74 Å². The van der Waals surface area contributed by atoms with Gasteiger partial charge in [0.25, 0.3) is 0 Å². The molecule has 0 radical (unpaired) electrons. The van der Waals surface area contributed by atoms with Crippen LogP contribution in [0, 0.1) is 6.92 Å². The number of aromatic nitrogens is 4. The minimum Gasteiger partial charge on any atom is -0.465 e. The molecule has 6 nitrogen and oxygen atoms in total. The Morgan fingerprint density at radius 2 is 1.95 bits per heavy atom. The Labute approximate surface area is 115 Å². The summed E-state index contributed by atoms with van der Waals surface area (Å²) in [6.45, 7) is 1.76. The summed E-state index contributed by atoms with van der Waals surface area (Å²) in [6, 6.07) is 5.60. The Morgan fingerprint density at radius 3 is 2.65 bits per heavy atom. The Morgan fingerprint density at radius 1 is 1.20 bits per heavy atom. The van der Waals surface area contributed by atoms with Gasteiger partial charge in [-0.2, -0.15) is 5.10 Å². The number of pyridine rings is 1. The molecule has 3 aromatic heterocycles. The second kappa shape index (κ2) is 4.73. The number of fused-ring (bicyclic) bond motifs is 1. The zero-order valence-electron chi connectivity index (χ0n) is 11.1. The van der Waals surface area contributed by atoms with E-state index in [2.05, 4.69) is 15.1 Å². The van der Waals surface area contributed by atoms with E-state index in [-0.39, 0.29) is 0 Å². The van der Waals surface area contributed by atoms with Crippen molar-refractivity contribution in [3.63, 3.8) is 0 Å². The highest BCUT2D eigenvalue weighted by atomic mass is 16.5. The maximum Gasteiger partial charge on any atom is 0.343 e. The van der Waals surface area contributed by atoms with Gasteiger partial charge in [-0.05, 0) is 25.1 Å². The highest BCUT2D eigenvalue weighted by Gasteiger charge is 2.20. The SMILES string of the molecule is COC(=O)c1c(C)nn2c(-c3ccncc3)ccnc12. The van der Waals surface area contributed by atoms with Gasteiger partial charge in [-0.15, -0.1) is 0 Å². The molecule has 100 valence electrons. The Hall–Kier alpha value is -2.76. The fourth-order valence-electron chi connectivity index (χ4n) is 2.13. The highest BCUT2D eigenvalue weighted by Crippen LogP contribution is 2.22. The molecule has 0 aliphatic rings. The van der Waals surface area contributed by atoms with Crippen LogP contribution in [0.3, 0.4) is 0 Å². The number of carbonyl (C=O) groups excluding carboxylic acids is 1. The summed E-state index contributed by atoms with van der Waals surface area (Å²) < 4.78 is 6.44. The number of hydrogen-bond acceptors (Lipinski definition) is 5. The van der Waals surface area contributed by atoms with E-state index in [1.54, 1.807) is 30.0 Å². The van der Waals surface area contributed by atoms with Crippen molar-refractivity contribution in [1.82, 2.24) is 19.6 Å². The van der Waals surface area contributed by atoms with Crippen LogP contribution in [0.1, 0.15) is 16.1 Å². The summed E-state index contributed by atoms with van der Waals surface area (Å²) in [5, 5.41) is 4.39. The Kier molecular flexibility index (Phi) is 2.90. The molecular weight excluding hydrogens is 256 g/mol. The number of methoxy groups -OCH3 is 1. The van der Waals surface area contributed by atoms with Gasteiger partial charge in [0, 0.05) is 24.2 Å². The minimum absolute atomic E-state index is 0.392. The smallest absolute Gasteiger partial charge is 0.343 e. The molecule has 0 aromatic carbocycles. The largest absolute Gasteiger partial charge is 0.465 e. The normalized spacial score (nSPS) is 10.7. The van der Waals surface area contributed by atoms with Crippen molar-refractivity contribution in [2.24, 2.45) is 0 Å². The summed E-state index contributed by atoms with van der Waals surface area (Å²) in [5.41, 5.74) is 3.26. The fraction of sp³-hybridized carbons (Fsp3) is 0.143. The van der Waals surface area contributed by atoms with E-state index in [4.69, 9.17) is 4.74 Å². The van der Waals surface area contributed by atoms with Crippen LogP contribution in [0.5, 0.6) is 0 Å². The second-order valence-electron chi connectivity index (χ2n) is 4.25. The summed E-state index contributed by atoms with van der Waals surface area (Å²) in [4.78, 5) is 20.1. The molecule has 0 aliphatic carbocycles. The quantitative estimate of drug-likeness (QED) is 0.664. The molecule has 0 bridgehead atoms. The number of aryl methyl sites for hydroxylation is 1. The fourth-order valence-corrected chi connectivity index (χ4v) is 2.13. The van der Waals surface area contributed by atoms with E-state index in [1.807, 2.05) is 18.2 Å². The van der Waals surface area contributed by atoms with Gasteiger partial charge in [-0.3, -0.25) is 4.98 Å². The van der Waals surface area contributed by atoms with Gasteiger partial charge in [-0.1, -0.05) is 0 Å². The molecule has 3 aromatic rings. The predicted molar refractivity (Wildman–Crippen MR) is 72.3 cm³/mol. The molecule has 20 heavy (non-hydrogen) atoms. The van der Waals surface area contributed by atoms with E-state index in [1.165, 1.54) is 7.11 Å². The molecule has 0 atom stereocenters. The number of esters is 1. The average Bonchev–Trinajstić information content (AvgIpc) is 2.83. The first-order chi connectivity index (χ1) is 9.72. The van der Waals surface area contributed by atoms with Crippen molar-refractivity contribution in [2.45, 2.75) is 6.92 Å². The number of rotatable bonds is 2. The van der Waals surface area contributed by atoms with E-state index in [9.17, 15) is 4.79 Å². The molecular formula is C14H12N4O2. The van der Waals surface area contributed by atoms with Crippen LogP contribution >= 0.6 is 0 Å². The summed E-state index contributed by atoms with van der Waals surface area (Å²) in [7, 11) is 1.35. The molecule has 0 unspecified atom stereocenters. The molecule has 3 heterocycles. The van der Waals surface area contributed by atoms with Crippen LogP contribution in [0.2, 0.25) is 0 Å².